The van der Waals surface area contributed by atoms with Gasteiger partial charge in [0.2, 0.25) is 0 Å². The second-order valence-corrected chi connectivity index (χ2v) is 6.97. The lowest BCUT2D eigenvalue weighted by atomic mass is 9.57. The average Bonchev–Trinajstić information content (AvgIpc) is 2.23. The van der Waals surface area contributed by atoms with E-state index in [0.29, 0.717) is 12.3 Å². The largest absolute Gasteiger partial charge is 0.444 e. The van der Waals surface area contributed by atoms with Crippen LogP contribution in [0.4, 0.5) is 4.79 Å². The number of amides is 1. The predicted molar refractivity (Wildman–Crippen MR) is 72.9 cm³/mol. The Labute approximate surface area is 115 Å². The van der Waals surface area contributed by atoms with Crippen molar-refractivity contribution in [3.05, 3.63) is 0 Å². The maximum Gasteiger partial charge on any atom is 0.407 e. The number of ether oxygens (including phenoxy) is 1. The standard InChI is InChI=1S/C15H25NO3/c1-14(2,3)19-13(18)16-10-11-6-4-7-15(12(11)17)8-5-9-15/h11H,4-10H2,1-3H3,(H,16,18). The fourth-order valence-corrected chi connectivity index (χ4v) is 3.19. The molecular formula is C15H25NO3. The van der Waals surface area contributed by atoms with E-state index in [2.05, 4.69) is 5.32 Å². The summed E-state index contributed by atoms with van der Waals surface area (Å²) in [5.74, 6) is 0.364. The lowest BCUT2D eigenvalue weighted by Crippen LogP contribution is -2.48. The predicted octanol–water partition coefficient (Wildman–Crippen LogP) is 3.05. The van der Waals surface area contributed by atoms with Crippen LogP contribution in [0.5, 0.6) is 0 Å². The van der Waals surface area contributed by atoms with Gasteiger partial charge < -0.3 is 10.1 Å². The molecule has 4 heteroatoms. The van der Waals surface area contributed by atoms with Gasteiger partial charge in [0.1, 0.15) is 11.4 Å². The van der Waals surface area contributed by atoms with Crippen LogP contribution < -0.4 is 5.32 Å². The first-order valence-corrected chi connectivity index (χ1v) is 7.34. The maximum atomic E-state index is 12.4. The number of hydrogen-bond donors (Lipinski definition) is 1. The Morgan fingerprint density at radius 2 is 1.95 bits per heavy atom. The van der Waals surface area contributed by atoms with Crippen molar-refractivity contribution in [1.82, 2.24) is 5.32 Å². The molecule has 0 radical (unpaired) electrons. The van der Waals surface area contributed by atoms with Gasteiger partial charge in [-0.1, -0.05) is 12.8 Å². The Morgan fingerprint density at radius 3 is 2.47 bits per heavy atom. The van der Waals surface area contributed by atoms with E-state index in [1.54, 1.807) is 0 Å². The van der Waals surface area contributed by atoms with Crippen molar-refractivity contribution >= 4 is 11.9 Å². The molecule has 2 fully saturated rings. The summed E-state index contributed by atoms with van der Waals surface area (Å²) in [4.78, 5) is 24.0. The fraction of sp³-hybridized carbons (Fsp3) is 0.867. The number of Topliss-reactive ketones (excluding diaryl/α,β-unsaturated/α-hetero) is 1. The Bertz CT molecular complexity index is 366. The molecule has 0 heterocycles. The Kier molecular flexibility index (Phi) is 3.88. The second-order valence-electron chi connectivity index (χ2n) is 6.97. The van der Waals surface area contributed by atoms with E-state index in [4.69, 9.17) is 4.74 Å². The SMILES string of the molecule is CC(C)(C)OC(=O)NCC1CCCC2(CCC2)C1=O. The molecule has 1 spiro atoms. The van der Waals surface area contributed by atoms with Crippen LogP contribution in [-0.2, 0) is 9.53 Å². The highest BCUT2D eigenvalue weighted by Crippen LogP contribution is 2.50. The Hall–Kier alpha value is -1.06. The molecule has 1 atom stereocenters. The van der Waals surface area contributed by atoms with Crippen molar-refractivity contribution in [2.75, 3.05) is 6.54 Å². The second kappa shape index (κ2) is 5.14. The number of nitrogens with one attached hydrogen (secondary N) is 1. The minimum Gasteiger partial charge on any atom is -0.444 e. The van der Waals surface area contributed by atoms with E-state index >= 15 is 0 Å². The van der Waals surface area contributed by atoms with E-state index in [1.807, 2.05) is 20.8 Å². The third-order valence-corrected chi connectivity index (χ3v) is 4.30. The molecule has 1 N–H and O–H groups in total. The number of carbonyl (C=O) groups is 2. The highest BCUT2D eigenvalue weighted by Gasteiger charge is 2.48. The molecule has 1 unspecified atom stereocenters. The fourth-order valence-electron chi connectivity index (χ4n) is 3.19. The van der Waals surface area contributed by atoms with Gasteiger partial charge in [0.25, 0.3) is 0 Å². The van der Waals surface area contributed by atoms with Crippen molar-refractivity contribution in [3.8, 4) is 0 Å². The first kappa shape index (κ1) is 14.4. The molecule has 0 bridgehead atoms. The average molecular weight is 267 g/mol. The molecule has 0 aromatic rings. The van der Waals surface area contributed by atoms with Crippen molar-refractivity contribution in [3.63, 3.8) is 0 Å². The van der Waals surface area contributed by atoms with Gasteiger partial charge in [-0.15, -0.1) is 0 Å². The highest BCUT2D eigenvalue weighted by molar-refractivity contribution is 5.89. The van der Waals surface area contributed by atoms with Gasteiger partial charge in [-0.3, -0.25) is 4.79 Å². The summed E-state index contributed by atoms with van der Waals surface area (Å²) in [6.07, 6.45) is 5.91. The van der Waals surface area contributed by atoms with Crippen LogP contribution in [0.1, 0.15) is 59.3 Å². The van der Waals surface area contributed by atoms with E-state index in [0.717, 1.165) is 32.1 Å². The number of alkyl carbamates (subject to hydrolysis) is 1. The van der Waals surface area contributed by atoms with Crippen LogP contribution in [0.2, 0.25) is 0 Å². The van der Waals surface area contributed by atoms with Crippen molar-refractivity contribution in [1.29, 1.82) is 0 Å². The number of carbonyl (C=O) groups excluding carboxylic acids is 2. The molecular weight excluding hydrogens is 242 g/mol. The number of ketones is 1. The minimum atomic E-state index is -0.490. The summed E-state index contributed by atoms with van der Waals surface area (Å²) in [6.45, 7) is 5.93. The summed E-state index contributed by atoms with van der Waals surface area (Å²) in [5, 5.41) is 2.74. The third-order valence-electron chi connectivity index (χ3n) is 4.30. The molecule has 0 saturated heterocycles. The molecule has 4 nitrogen and oxygen atoms in total. The van der Waals surface area contributed by atoms with E-state index in [-0.39, 0.29) is 11.3 Å². The normalized spacial score (nSPS) is 25.8. The van der Waals surface area contributed by atoms with Gasteiger partial charge in [-0.05, 0) is 46.5 Å². The zero-order valence-corrected chi connectivity index (χ0v) is 12.3. The highest BCUT2D eigenvalue weighted by atomic mass is 16.6. The molecule has 0 aliphatic heterocycles. The van der Waals surface area contributed by atoms with Crippen LogP contribution in [0.25, 0.3) is 0 Å². The summed E-state index contributed by atoms with van der Waals surface area (Å²) in [6, 6.07) is 0. The van der Waals surface area contributed by atoms with Gasteiger partial charge in [0.05, 0.1) is 0 Å². The molecule has 0 aromatic carbocycles. The van der Waals surface area contributed by atoms with Gasteiger partial charge in [-0.2, -0.15) is 0 Å². The zero-order chi connectivity index (χ0) is 14.1. The monoisotopic (exact) mass is 267 g/mol. The molecule has 2 aliphatic rings. The zero-order valence-electron chi connectivity index (χ0n) is 12.3. The topological polar surface area (TPSA) is 55.4 Å². The summed E-state index contributed by atoms with van der Waals surface area (Å²) in [7, 11) is 0. The Balaban J connectivity index is 1.82. The number of rotatable bonds is 2. The van der Waals surface area contributed by atoms with Crippen molar-refractivity contribution in [2.45, 2.75) is 64.9 Å². The van der Waals surface area contributed by atoms with Crippen LogP contribution in [-0.4, -0.2) is 24.0 Å². The van der Waals surface area contributed by atoms with Crippen LogP contribution >= 0.6 is 0 Å². The lowest BCUT2D eigenvalue weighted by molar-refractivity contribution is -0.141. The van der Waals surface area contributed by atoms with Crippen molar-refractivity contribution < 1.29 is 14.3 Å². The molecule has 1 amide bonds. The molecule has 2 aliphatic carbocycles. The maximum absolute atomic E-state index is 12.4. The van der Waals surface area contributed by atoms with Gasteiger partial charge in [-0.25, -0.2) is 4.79 Å². The van der Waals surface area contributed by atoms with Crippen molar-refractivity contribution in [2.24, 2.45) is 11.3 Å². The quantitative estimate of drug-likeness (QED) is 0.836. The van der Waals surface area contributed by atoms with E-state index in [1.165, 1.54) is 6.42 Å². The van der Waals surface area contributed by atoms with Crippen LogP contribution in [0.3, 0.4) is 0 Å². The molecule has 0 aromatic heterocycles. The van der Waals surface area contributed by atoms with E-state index < -0.39 is 11.7 Å². The lowest BCUT2D eigenvalue weighted by Gasteiger charge is -2.46. The van der Waals surface area contributed by atoms with Crippen LogP contribution in [0.15, 0.2) is 0 Å². The first-order valence-electron chi connectivity index (χ1n) is 7.34. The smallest absolute Gasteiger partial charge is 0.407 e. The van der Waals surface area contributed by atoms with Crippen LogP contribution in [0, 0.1) is 11.3 Å². The molecule has 2 saturated carbocycles. The van der Waals surface area contributed by atoms with E-state index in [9.17, 15) is 9.59 Å². The third kappa shape index (κ3) is 3.28. The minimum absolute atomic E-state index is 0.0124. The summed E-state index contributed by atoms with van der Waals surface area (Å²) in [5.41, 5.74) is -0.519. The Morgan fingerprint density at radius 1 is 1.32 bits per heavy atom. The summed E-state index contributed by atoms with van der Waals surface area (Å²) >= 11 is 0. The first-order chi connectivity index (χ1) is 8.82. The molecule has 2 rings (SSSR count). The van der Waals surface area contributed by atoms with Gasteiger partial charge in [0.15, 0.2) is 0 Å². The van der Waals surface area contributed by atoms with Gasteiger partial charge >= 0.3 is 6.09 Å². The number of hydrogen-bond acceptors (Lipinski definition) is 3. The molecule has 19 heavy (non-hydrogen) atoms. The molecule has 108 valence electrons. The summed E-state index contributed by atoms with van der Waals surface area (Å²) < 4.78 is 5.19. The van der Waals surface area contributed by atoms with Gasteiger partial charge in [0, 0.05) is 17.9 Å².